The van der Waals surface area contributed by atoms with Crippen molar-refractivity contribution in [3.63, 3.8) is 0 Å². The highest BCUT2D eigenvalue weighted by atomic mass is 32.1. The fraction of sp³-hybridized carbons (Fsp3) is 0.353. The molecule has 0 bridgehead atoms. The summed E-state index contributed by atoms with van der Waals surface area (Å²) in [6, 6.07) is 10.7. The number of carbonyl (C=O) groups is 1. The molecule has 0 radical (unpaired) electrons. The van der Waals surface area contributed by atoms with Gasteiger partial charge in [-0.25, -0.2) is 4.39 Å². The highest BCUT2D eigenvalue weighted by molar-refractivity contribution is 7.09. The summed E-state index contributed by atoms with van der Waals surface area (Å²) in [6.07, 6.45) is 2.42. The van der Waals surface area contributed by atoms with Gasteiger partial charge in [0.1, 0.15) is 0 Å². The van der Waals surface area contributed by atoms with Crippen LogP contribution < -0.4 is 4.74 Å². The number of rotatable bonds is 7. The average Bonchev–Trinajstić information content (AvgIpc) is 3.23. The van der Waals surface area contributed by atoms with E-state index in [-0.39, 0.29) is 24.7 Å². The monoisotopic (exact) mass is 319 g/mol. The molecule has 0 spiro atoms. The Labute approximate surface area is 133 Å². The van der Waals surface area contributed by atoms with Crippen LogP contribution in [0.5, 0.6) is 5.75 Å². The molecule has 116 valence electrons. The molecule has 1 heterocycles. The molecular formula is C17H18FNO2S. The molecule has 0 aliphatic heterocycles. The maximum Gasteiger partial charge on any atom is 0.226 e. The third-order valence-electron chi connectivity index (χ3n) is 3.62. The minimum Gasteiger partial charge on any atom is -0.490 e. The maximum absolute atomic E-state index is 13.4. The smallest absolute Gasteiger partial charge is 0.226 e. The van der Waals surface area contributed by atoms with Crippen LogP contribution in [0.2, 0.25) is 0 Å². The zero-order valence-corrected chi connectivity index (χ0v) is 13.0. The number of para-hydroxylation sites is 1. The van der Waals surface area contributed by atoms with Crippen LogP contribution in [0.25, 0.3) is 0 Å². The third kappa shape index (κ3) is 3.85. The lowest BCUT2D eigenvalue weighted by atomic mass is 10.3. The molecule has 1 fully saturated rings. The van der Waals surface area contributed by atoms with Crippen LogP contribution in [0, 0.1) is 5.82 Å². The first-order valence-electron chi connectivity index (χ1n) is 7.43. The van der Waals surface area contributed by atoms with Gasteiger partial charge in [-0.2, -0.15) is 0 Å². The molecule has 5 heteroatoms. The van der Waals surface area contributed by atoms with Crippen molar-refractivity contribution in [1.29, 1.82) is 0 Å². The van der Waals surface area contributed by atoms with Crippen molar-refractivity contribution in [3.05, 3.63) is 52.5 Å². The Bertz CT molecular complexity index is 625. The maximum atomic E-state index is 13.4. The van der Waals surface area contributed by atoms with Gasteiger partial charge in [0.2, 0.25) is 5.91 Å². The standard InChI is InChI=1S/C17H18FNO2S/c18-15-5-1-2-6-16(15)21-10-9-17(20)19(13-7-8-13)12-14-4-3-11-22-14/h1-6,11,13H,7-10,12H2. The van der Waals surface area contributed by atoms with Gasteiger partial charge in [0.15, 0.2) is 11.6 Å². The second-order valence-electron chi connectivity index (χ2n) is 5.36. The minimum atomic E-state index is -0.396. The van der Waals surface area contributed by atoms with Crippen molar-refractivity contribution in [3.8, 4) is 5.75 Å². The Morgan fingerprint density at radius 1 is 1.27 bits per heavy atom. The van der Waals surface area contributed by atoms with Crippen LogP contribution >= 0.6 is 11.3 Å². The van der Waals surface area contributed by atoms with Gasteiger partial charge in [0.05, 0.1) is 19.6 Å². The molecular weight excluding hydrogens is 301 g/mol. The quantitative estimate of drug-likeness (QED) is 0.776. The number of hydrogen-bond acceptors (Lipinski definition) is 3. The summed E-state index contributed by atoms with van der Waals surface area (Å²) in [5, 5.41) is 2.02. The summed E-state index contributed by atoms with van der Waals surface area (Å²) in [5.74, 6) is -0.119. The molecule has 22 heavy (non-hydrogen) atoms. The number of thiophene rings is 1. The van der Waals surface area contributed by atoms with Crippen LogP contribution in [0.3, 0.4) is 0 Å². The predicted octanol–water partition coefficient (Wildman–Crippen LogP) is 3.85. The second-order valence-corrected chi connectivity index (χ2v) is 6.39. The van der Waals surface area contributed by atoms with Gasteiger partial charge in [0, 0.05) is 10.9 Å². The van der Waals surface area contributed by atoms with Crippen molar-refractivity contribution in [2.75, 3.05) is 6.61 Å². The number of halogens is 1. The largest absolute Gasteiger partial charge is 0.490 e. The molecule has 3 rings (SSSR count). The summed E-state index contributed by atoms with van der Waals surface area (Å²) >= 11 is 1.66. The summed E-state index contributed by atoms with van der Waals surface area (Å²) in [6.45, 7) is 0.869. The van der Waals surface area contributed by atoms with E-state index in [1.54, 1.807) is 29.5 Å². The number of ether oxygens (including phenoxy) is 1. The lowest BCUT2D eigenvalue weighted by Crippen LogP contribution is -2.33. The number of carbonyl (C=O) groups excluding carboxylic acids is 1. The third-order valence-corrected chi connectivity index (χ3v) is 4.49. The van der Waals surface area contributed by atoms with Gasteiger partial charge in [0.25, 0.3) is 0 Å². The van der Waals surface area contributed by atoms with E-state index in [0.717, 1.165) is 12.8 Å². The van der Waals surface area contributed by atoms with Crippen molar-refractivity contribution in [1.82, 2.24) is 4.90 Å². The fourth-order valence-corrected chi connectivity index (χ4v) is 3.03. The van der Waals surface area contributed by atoms with E-state index < -0.39 is 5.82 Å². The molecule has 2 aromatic rings. The van der Waals surface area contributed by atoms with Gasteiger partial charge < -0.3 is 9.64 Å². The lowest BCUT2D eigenvalue weighted by Gasteiger charge is -2.22. The zero-order valence-electron chi connectivity index (χ0n) is 12.2. The van der Waals surface area contributed by atoms with E-state index >= 15 is 0 Å². The summed E-state index contributed by atoms with van der Waals surface area (Å²) < 4.78 is 18.8. The van der Waals surface area contributed by atoms with Crippen molar-refractivity contribution < 1.29 is 13.9 Å². The molecule has 1 saturated carbocycles. The molecule has 0 saturated heterocycles. The lowest BCUT2D eigenvalue weighted by molar-refractivity contribution is -0.132. The van der Waals surface area contributed by atoms with E-state index in [1.165, 1.54) is 10.9 Å². The van der Waals surface area contributed by atoms with Gasteiger partial charge in [-0.05, 0) is 36.4 Å². The van der Waals surface area contributed by atoms with E-state index in [2.05, 4.69) is 0 Å². The summed E-state index contributed by atoms with van der Waals surface area (Å²) in [5.41, 5.74) is 0. The second kappa shape index (κ2) is 6.92. The average molecular weight is 319 g/mol. The van der Waals surface area contributed by atoms with E-state index in [4.69, 9.17) is 4.74 Å². The first-order valence-corrected chi connectivity index (χ1v) is 8.31. The molecule has 0 atom stereocenters. The zero-order chi connectivity index (χ0) is 15.4. The van der Waals surface area contributed by atoms with Gasteiger partial charge in [-0.15, -0.1) is 11.3 Å². The minimum absolute atomic E-state index is 0.0761. The van der Waals surface area contributed by atoms with Crippen LogP contribution in [-0.2, 0) is 11.3 Å². The molecule has 1 aromatic carbocycles. The van der Waals surface area contributed by atoms with Crippen molar-refractivity contribution >= 4 is 17.2 Å². The van der Waals surface area contributed by atoms with Crippen LogP contribution in [-0.4, -0.2) is 23.5 Å². The first kappa shape index (κ1) is 15.0. The molecule has 1 aliphatic carbocycles. The predicted molar refractivity (Wildman–Crippen MR) is 84.4 cm³/mol. The van der Waals surface area contributed by atoms with Crippen LogP contribution in [0.4, 0.5) is 4.39 Å². The highest BCUT2D eigenvalue weighted by Crippen LogP contribution is 2.29. The first-order chi connectivity index (χ1) is 10.7. The Balaban J connectivity index is 1.52. The topological polar surface area (TPSA) is 29.5 Å². The van der Waals surface area contributed by atoms with Crippen LogP contribution in [0.1, 0.15) is 24.1 Å². The van der Waals surface area contributed by atoms with Crippen molar-refractivity contribution in [2.24, 2.45) is 0 Å². The number of nitrogens with zero attached hydrogens (tertiary/aromatic N) is 1. The van der Waals surface area contributed by atoms with Gasteiger partial charge >= 0.3 is 0 Å². The van der Waals surface area contributed by atoms with E-state index in [1.807, 2.05) is 22.4 Å². The van der Waals surface area contributed by atoms with Gasteiger partial charge in [-0.3, -0.25) is 4.79 Å². The van der Waals surface area contributed by atoms with E-state index in [0.29, 0.717) is 12.6 Å². The Morgan fingerprint density at radius 2 is 2.09 bits per heavy atom. The van der Waals surface area contributed by atoms with E-state index in [9.17, 15) is 9.18 Å². The molecule has 0 N–H and O–H groups in total. The SMILES string of the molecule is O=C(CCOc1ccccc1F)N(Cc1cccs1)C1CC1. The Hall–Kier alpha value is -1.88. The Morgan fingerprint density at radius 3 is 2.77 bits per heavy atom. The highest BCUT2D eigenvalue weighted by Gasteiger charge is 2.32. The van der Waals surface area contributed by atoms with Crippen molar-refractivity contribution in [2.45, 2.75) is 31.8 Å². The molecule has 3 nitrogen and oxygen atoms in total. The summed E-state index contributed by atoms with van der Waals surface area (Å²) in [4.78, 5) is 15.5. The molecule has 0 unspecified atom stereocenters. The number of amides is 1. The number of benzene rings is 1. The van der Waals surface area contributed by atoms with Crippen LogP contribution in [0.15, 0.2) is 41.8 Å². The summed E-state index contributed by atoms with van der Waals surface area (Å²) in [7, 11) is 0. The normalized spacial score (nSPS) is 13.9. The molecule has 1 aliphatic rings. The molecule has 1 amide bonds. The molecule has 1 aromatic heterocycles. The Kier molecular flexibility index (Phi) is 4.73. The van der Waals surface area contributed by atoms with Gasteiger partial charge in [-0.1, -0.05) is 18.2 Å². The fourth-order valence-electron chi connectivity index (χ4n) is 2.33. The number of hydrogen-bond donors (Lipinski definition) is 0.